The summed E-state index contributed by atoms with van der Waals surface area (Å²) in [5.41, 5.74) is 6.70. The number of nitrogens with zero attached hydrogens (tertiary/aromatic N) is 2. The smallest absolute Gasteiger partial charge is 0.325 e. The summed E-state index contributed by atoms with van der Waals surface area (Å²) < 4.78 is 22.3. The highest BCUT2D eigenvalue weighted by molar-refractivity contribution is 7.82. The van der Waals surface area contributed by atoms with E-state index in [0.717, 1.165) is 56.5 Å². The molecule has 0 saturated carbocycles. The highest BCUT2D eigenvalue weighted by Gasteiger charge is 2.32. The Morgan fingerprint density at radius 2 is 1.84 bits per heavy atom. The molecule has 6 heteroatoms. The summed E-state index contributed by atoms with van der Waals surface area (Å²) >= 11 is 0. The van der Waals surface area contributed by atoms with E-state index in [2.05, 4.69) is 41.8 Å². The third kappa shape index (κ3) is 4.86. The Hall–Kier alpha value is -1.92. The number of fused-ring (bicyclic) bond motifs is 1. The van der Waals surface area contributed by atoms with Crippen molar-refractivity contribution < 1.29 is 13.7 Å². The molecule has 1 aliphatic heterocycles. The molecule has 0 amide bonds. The van der Waals surface area contributed by atoms with Crippen LogP contribution in [0.1, 0.15) is 68.1 Å². The first-order chi connectivity index (χ1) is 15.3. The molecule has 1 fully saturated rings. The topological polar surface area (TPSA) is 51.5 Å². The van der Waals surface area contributed by atoms with Gasteiger partial charge in [0.05, 0.1) is 11.5 Å². The molecule has 32 heavy (non-hydrogen) atoms. The molecule has 2 aromatic rings. The van der Waals surface area contributed by atoms with Crippen LogP contribution in [-0.2, 0) is 46.3 Å². The van der Waals surface area contributed by atoms with E-state index < -0.39 is 11.0 Å². The maximum atomic E-state index is 12.8. The van der Waals surface area contributed by atoms with Crippen molar-refractivity contribution in [3.8, 4) is 0 Å². The quantitative estimate of drug-likeness (QED) is 0.573. The van der Waals surface area contributed by atoms with E-state index in [1.165, 1.54) is 28.1 Å². The first-order valence-corrected chi connectivity index (χ1v) is 13.0. The lowest BCUT2D eigenvalue weighted by atomic mass is 9.75. The van der Waals surface area contributed by atoms with Crippen molar-refractivity contribution in [2.45, 2.75) is 77.7 Å². The van der Waals surface area contributed by atoms with E-state index in [0.29, 0.717) is 6.61 Å². The van der Waals surface area contributed by atoms with E-state index in [-0.39, 0.29) is 17.9 Å². The summed E-state index contributed by atoms with van der Waals surface area (Å²) in [6, 6.07) is 8.27. The Morgan fingerprint density at radius 1 is 1.16 bits per heavy atom. The summed E-state index contributed by atoms with van der Waals surface area (Å²) in [5, 5.41) is 0. The molecule has 1 atom stereocenters. The first kappa shape index (κ1) is 23.2. The SMILES string of the molecule is CCOC(=O)Cn1c(C)c(Cc2ccc(S(=O)N3CCCC3)cc2)c2c1CCC(C)(C)C2. The number of ether oxygens (including phenoxy) is 1. The molecular formula is C26H36N2O3S. The Labute approximate surface area is 194 Å². The summed E-state index contributed by atoms with van der Waals surface area (Å²) in [7, 11) is -1.06. The molecule has 2 heterocycles. The second-order valence-electron chi connectivity index (χ2n) is 9.93. The van der Waals surface area contributed by atoms with Crippen LogP contribution in [0.5, 0.6) is 0 Å². The molecule has 1 aliphatic carbocycles. The zero-order valence-corrected chi connectivity index (χ0v) is 20.7. The van der Waals surface area contributed by atoms with Gasteiger partial charge >= 0.3 is 5.97 Å². The number of rotatable bonds is 7. The number of hydrogen-bond acceptors (Lipinski definition) is 3. The highest BCUT2D eigenvalue weighted by Crippen LogP contribution is 2.39. The van der Waals surface area contributed by atoms with Gasteiger partial charge in [-0.15, -0.1) is 0 Å². The van der Waals surface area contributed by atoms with Crippen molar-refractivity contribution in [2.75, 3.05) is 19.7 Å². The van der Waals surface area contributed by atoms with Crippen molar-refractivity contribution in [3.63, 3.8) is 0 Å². The zero-order chi connectivity index (χ0) is 22.9. The van der Waals surface area contributed by atoms with Crippen molar-refractivity contribution in [1.82, 2.24) is 8.87 Å². The normalized spacial score (nSPS) is 19.0. The minimum atomic E-state index is -1.06. The molecular weight excluding hydrogens is 420 g/mol. The van der Waals surface area contributed by atoms with Crippen LogP contribution in [0.2, 0.25) is 0 Å². The van der Waals surface area contributed by atoms with E-state index >= 15 is 0 Å². The zero-order valence-electron chi connectivity index (χ0n) is 19.9. The van der Waals surface area contributed by atoms with Crippen molar-refractivity contribution in [2.24, 2.45) is 5.41 Å². The lowest BCUT2D eigenvalue weighted by Gasteiger charge is -2.31. The lowest BCUT2D eigenvalue weighted by Crippen LogP contribution is -2.24. The van der Waals surface area contributed by atoms with Crippen LogP contribution < -0.4 is 0 Å². The Kier molecular flexibility index (Phi) is 6.91. The van der Waals surface area contributed by atoms with Gasteiger partial charge in [-0.3, -0.25) is 4.79 Å². The van der Waals surface area contributed by atoms with E-state index in [1.807, 2.05) is 19.1 Å². The minimum Gasteiger partial charge on any atom is -0.465 e. The number of hydrogen-bond donors (Lipinski definition) is 0. The number of carbonyl (C=O) groups is 1. The van der Waals surface area contributed by atoms with Gasteiger partial charge in [0.2, 0.25) is 0 Å². The van der Waals surface area contributed by atoms with Crippen LogP contribution in [0, 0.1) is 12.3 Å². The van der Waals surface area contributed by atoms with Gasteiger partial charge in [-0.2, -0.15) is 0 Å². The molecule has 1 aromatic carbocycles. The van der Waals surface area contributed by atoms with Crippen LogP contribution in [0.3, 0.4) is 0 Å². The van der Waals surface area contributed by atoms with Crippen molar-refractivity contribution in [1.29, 1.82) is 0 Å². The predicted octanol–water partition coefficient (Wildman–Crippen LogP) is 4.58. The van der Waals surface area contributed by atoms with Crippen LogP contribution in [-0.4, -0.2) is 38.7 Å². The summed E-state index contributed by atoms with van der Waals surface area (Å²) in [6.45, 7) is 11.2. The minimum absolute atomic E-state index is 0.168. The van der Waals surface area contributed by atoms with Gasteiger partial charge in [0.1, 0.15) is 17.5 Å². The molecule has 0 N–H and O–H groups in total. The molecule has 174 valence electrons. The third-order valence-corrected chi connectivity index (χ3v) is 8.48. The summed E-state index contributed by atoms with van der Waals surface area (Å²) in [5.74, 6) is -0.168. The molecule has 0 radical (unpaired) electrons. The van der Waals surface area contributed by atoms with Crippen LogP contribution in [0.25, 0.3) is 0 Å². The van der Waals surface area contributed by atoms with E-state index in [1.54, 1.807) is 0 Å². The third-order valence-electron chi connectivity index (χ3n) is 6.97. The maximum absolute atomic E-state index is 12.8. The highest BCUT2D eigenvalue weighted by atomic mass is 32.2. The van der Waals surface area contributed by atoms with Crippen LogP contribution in [0.15, 0.2) is 29.2 Å². The fraction of sp³-hybridized carbons (Fsp3) is 0.577. The number of esters is 1. The number of benzene rings is 1. The van der Waals surface area contributed by atoms with E-state index in [4.69, 9.17) is 4.74 Å². The van der Waals surface area contributed by atoms with Crippen molar-refractivity contribution >= 4 is 17.0 Å². The van der Waals surface area contributed by atoms with Gasteiger partial charge in [-0.1, -0.05) is 26.0 Å². The molecule has 2 aliphatic rings. The van der Waals surface area contributed by atoms with Crippen LogP contribution in [0.4, 0.5) is 0 Å². The van der Waals surface area contributed by atoms with Crippen LogP contribution >= 0.6 is 0 Å². The van der Waals surface area contributed by atoms with Gasteiger partial charge in [0, 0.05) is 24.5 Å². The summed E-state index contributed by atoms with van der Waals surface area (Å²) in [6.07, 6.45) is 6.25. The van der Waals surface area contributed by atoms with Crippen molar-refractivity contribution in [3.05, 3.63) is 52.3 Å². The van der Waals surface area contributed by atoms with Gasteiger partial charge in [0.15, 0.2) is 0 Å². The molecule has 1 unspecified atom stereocenters. The second-order valence-corrected chi connectivity index (χ2v) is 11.4. The Balaban J connectivity index is 1.60. The number of aromatic nitrogens is 1. The molecule has 0 spiro atoms. The van der Waals surface area contributed by atoms with E-state index in [9.17, 15) is 9.00 Å². The largest absolute Gasteiger partial charge is 0.465 e. The Morgan fingerprint density at radius 3 is 2.50 bits per heavy atom. The fourth-order valence-electron chi connectivity index (χ4n) is 5.15. The first-order valence-electron chi connectivity index (χ1n) is 11.9. The lowest BCUT2D eigenvalue weighted by molar-refractivity contribution is -0.143. The average Bonchev–Trinajstić information content (AvgIpc) is 3.37. The monoisotopic (exact) mass is 456 g/mol. The Bertz CT molecular complexity index is 1000. The molecule has 1 saturated heterocycles. The average molecular weight is 457 g/mol. The van der Waals surface area contributed by atoms with Gasteiger partial charge < -0.3 is 9.30 Å². The van der Waals surface area contributed by atoms with Gasteiger partial charge in [0.25, 0.3) is 0 Å². The van der Waals surface area contributed by atoms with Gasteiger partial charge in [-0.05, 0) is 86.6 Å². The molecule has 1 aromatic heterocycles. The fourth-order valence-corrected chi connectivity index (χ4v) is 6.41. The second kappa shape index (κ2) is 9.52. The molecule has 0 bridgehead atoms. The standard InChI is InChI=1S/C26H36N2O3S/c1-5-31-25(29)18-28-19(2)22(23-17-26(3,4)13-12-24(23)28)16-20-8-10-21(11-9-20)32(30)27-14-6-7-15-27/h8-11H,5-7,12-18H2,1-4H3. The molecule has 5 nitrogen and oxygen atoms in total. The predicted molar refractivity (Wildman–Crippen MR) is 128 cm³/mol. The molecule has 4 rings (SSSR count). The maximum Gasteiger partial charge on any atom is 0.325 e. The van der Waals surface area contributed by atoms with Gasteiger partial charge in [-0.25, -0.2) is 8.51 Å². The summed E-state index contributed by atoms with van der Waals surface area (Å²) in [4.78, 5) is 13.2. The number of carbonyl (C=O) groups excluding carboxylic acids is 1.